The van der Waals surface area contributed by atoms with Gasteiger partial charge in [0.2, 0.25) is 5.95 Å². The molecule has 0 aliphatic heterocycles. The van der Waals surface area contributed by atoms with Crippen LogP contribution in [0.3, 0.4) is 0 Å². The lowest BCUT2D eigenvalue weighted by molar-refractivity contribution is 0.411. The van der Waals surface area contributed by atoms with Gasteiger partial charge in [0.1, 0.15) is 12.0 Å². The average molecular weight is 251 g/mol. The monoisotopic (exact) mass is 251 g/mol. The summed E-state index contributed by atoms with van der Waals surface area (Å²) in [5, 5.41) is 3.80. The Kier molecular flexibility index (Phi) is 3.40. The summed E-state index contributed by atoms with van der Waals surface area (Å²) in [5.41, 5.74) is 0.761. The molecule has 0 amide bonds. The molecule has 96 valence electrons. The summed E-state index contributed by atoms with van der Waals surface area (Å²) in [7, 11) is 5.26. The van der Waals surface area contributed by atoms with E-state index >= 15 is 0 Å². The Morgan fingerprint density at radius 3 is 2.72 bits per heavy atom. The fourth-order valence-electron chi connectivity index (χ4n) is 1.48. The van der Waals surface area contributed by atoms with Gasteiger partial charge in [-0.1, -0.05) is 5.16 Å². The largest absolute Gasteiger partial charge is 0.364 e. The number of aromatic nitrogens is 3. The standard InChI is InChI=1S/C11H14FN5O/c1-16(2)10-9(12)6-13-11(14-10)17(3)7-8-4-5-18-15-8/h4-6H,7H2,1-3H3. The number of nitrogens with zero attached hydrogens (tertiary/aromatic N) is 5. The van der Waals surface area contributed by atoms with Crippen LogP contribution in [-0.2, 0) is 6.54 Å². The summed E-state index contributed by atoms with van der Waals surface area (Å²) in [6.07, 6.45) is 2.66. The molecule has 0 aliphatic rings. The molecule has 0 N–H and O–H groups in total. The van der Waals surface area contributed by atoms with Crippen molar-refractivity contribution >= 4 is 11.8 Å². The molecular formula is C11H14FN5O. The Bertz CT molecular complexity index is 514. The van der Waals surface area contributed by atoms with Gasteiger partial charge in [-0.25, -0.2) is 9.37 Å². The molecule has 0 aliphatic carbocycles. The highest BCUT2D eigenvalue weighted by molar-refractivity contribution is 5.43. The Hall–Kier alpha value is -2.18. The predicted molar refractivity (Wildman–Crippen MR) is 64.9 cm³/mol. The minimum atomic E-state index is -0.446. The van der Waals surface area contributed by atoms with E-state index in [1.165, 1.54) is 6.26 Å². The van der Waals surface area contributed by atoms with Crippen molar-refractivity contribution in [1.29, 1.82) is 0 Å². The van der Waals surface area contributed by atoms with E-state index < -0.39 is 5.82 Å². The number of anilines is 2. The van der Waals surface area contributed by atoms with Gasteiger partial charge in [-0.15, -0.1) is 0 Å². The molecule has 0 radical (unpaired) electrons. The lowest BCUT2D eigenvalue weighted by Crippen LogP contribution is -2.21. The molecule has 0 spiro atoms. The van der Waals surface area contributed by atoms with Crippen LogP contribution in [0.1, 0.15) is 5.69 Å². The molecule has 0 atom stereocenters. The van der Waals surface area contributed by atoms with Crippen LogP contribution in [0, 0.1) is 5.82 Å². The van der Waals surface area contributed by atoms with Gasteiger partial charge in [-0.2, -0.15) is 4.98 Å². The number of halogens is 1. The molecule has 2 rings (SSSR count). The Morgan fingerprint density at radius 1 is 1.33 bits per heavy atom. The van der Waals surface area contributed by atoms with E-state index in [2.05, 4.69) is 15.1 Å². The zero-order valence-corrected chi connectivity index (χ0v) is 10.5. The fourth-order valence-corrected chi connectivity index (χ4v) is 1.48. The number of hydrogen-bond donors (Lipinski definition) is 0. The maximum absolute atomic E-state index is 13.4. The zero-order valence-electron chi connectivity index (χ0n) is 10.5. The smallest absolute Gasteiger partial charge is 0.227 e. The highest BCUT2D eigenvalue weighted by Gasteiger charge is 2.12. The summed E-state index contributed by atoms with van der Waals surface area (Å²) in [6.45, 7) is 0.495. The predicted octanol–water partition coefficient (Wildman–Crippen LogP) is 1.31. The lowest BCUT2D eigenvalue weighted by Gasteiger charge is -2.18. The first-order valence-electron chi connectivity index (χ1n) is 5.38. The summed E-state index contributed by atoms with van der Waals surface area (Å²) in [6, 6.07) is 1.76. The van der Waals surface area contributed by atoms with Crippen LogP contribution in [0.15, 0.2) is 23.0 Å². The lowest BCUT2D eigenvalue weighted by atomic mass is 10.4. The highest BCUT2D eigenvalue weighted by Crippen LogP contribution is 2.17. The second-order valence-electron chi connectivity index (χ2n) is 4.08. The maximum Gasteiger partial charge on any atom is 0.227 e. The van der Waals surface area contributed by atoms with Crippen molar-refractivity contribution in [3.63, 3.8) is 0 Å². The van der Waals surface area contributed by atoms with Crippen LogP contribution in [-0.4, -0.2) is 36.3 Å². The maximum atomic E-state index is 13.4. The molecule has 6 nitrogen and oxygen atoms in total. The molecule has 0 unspecified atom stereocenters. The van der Waals surface area contributed by atoms with Crippen molar-refractivity contribution in [3.8, 4) is 0 Å². The van der Waals surface area contributed by atoms with Crippen LogP contribution in [0.25, 0.3) is 0 Å². The van der Waals surface area contributed by atoms with E-state index in [9.17, 15) is 4.39 Å². The van der Waals surface area contributed by atoms with Crippen LogP contribution in [0.5, 0.6) is 0 Å². The van der Waals surface area contributed by atoms with E-state index in [4.69, 9.17) is 4.52 Å². The van der Waals surface area contributed by atoms with Crippen molar-refractivity contribution in [1.82, 2.24) is 15.1 Å². The SMILES string of the molecule is CN(C)c1nc(N(C)Cc2ccon2)ncc1F. The van der Waals surface area contributed by atoms with Crippen LogP contribution in [0.2, 0.25) is 0 Å². The molecule has 2 heterocycles. The Balaban J connectivity index is 2.20. The van der Waals surface area contributed by atoms with Crippen LogP contribution < -0.4 is 9.80 Å². The van der Waals surface area contributed by atoms with Crippen molar-refractivity contribution in [2.75, 3.05) is 30.9 Å². The highest BCUT2D eigenvalue weighted by atomic mass is 19.1. The quantitative estimate of drug-likeness (QED) is 0.816. The van der Waals surface area contributed by atoms with E-state index in [0.29, 0.717) is 12.5 Å². The molecule has 0 saturated carbocycles. The molecule has 7 heteroatoms. The Morgan fingerprint density at radius 2 is 2.11 bits per heavy atom. The summed E-state index contributed by atoms with van der Waals surface area (Å²) >= 11 is 0. The van der Waals surface area contributed by atoms with Crippen LogP contribution in [0.4, 0.5) is 16.2 Å². The molecule has 0 saturated heterocycles. The normalized spacial score (nSPS) is 10.4. The molecule has 2 aromatic heterocycles. The number of hydrogen-bond acceptors (Lipinski definition) is 6. The van der Waals surface area contributed by atoms with E-state index in [0.717, 1.165) is 11.9 Å². The first kappa shape index (κ1) is 12.3. The first-order chi connectivity index (χ1) is 8.58. The van der Waals surface area contributed by atoms with Gasteiger partial charge in [0.15, 0.2) is 11.6 Å². The van der Waals surface area contributed by atoms with Crippen molar-refractivity contribution in [2.24, 2.45) is 0 Å². The summed E-state index contributed by atoms with van der Waals surface area (Å²) in [5.74, 6) is 0.244. The topological polar surface area (TPSA) is 58.3 Å². The van der Waals surface area contributed by atoms with Gasteiger partial charge in [-0.05, 0) is 0 Å². The summed E-state index contributed by atoms with van der Waals surface area (Å²) in [4.78, 5) is 11.5. The second kappa shape index (κ2) is 4.99. The minimum absolute atomic E-state index is 0.256. The minimum Gasteiger partial charge on any atom is -0.364 e. The molecular weight excluding hydrogens is 237 g/mol. The molecule has 18 heavy (non-hydrogen) atoms. The third-order valence-electron chi connectivity index (χ3n) is 2.37. The number of rotatable bonds is 4. The Labute approximate surface area is 104 Å². The van der Waals surface area contributed by atoms with Crippen molar-refractivity contribution in [3.05, 3.63) is 30.0 Å². The van der Waals surface area contributed by atoms with E-state index in [1.807, 2.05) is 0 Å². The van der Waals surface area contributed by atoms with Gasteiger partial charge in [0.05, 0.1) is 12.7 Å². The van der Waals surface area contributed by atoms with Gasteiger partial charge in [0, 0.05) is 27.2 Å². The first-order valence-corrected chi connectivity index (χ1v) is 5.38. The average Bonchev–Trinajstić information content (AvgIpc) is 2.81. The van der Waals surface area contributed by atoms with Crippen molar-refractivity contribution in [2.45, 2.75) is 6.54 Å². The molecule has 0 aromatic carbocycles. The van der Waals surface area contributed by atoms with Gasteiger partial charge >= 0.3 is 0 Å². The zero-order chi connectivity index (χ0) is 13.1. The third-order valence-corrected chi connectivity index (χ3v) is 2.37. The molecule has 2 aromatic rings. The van der Waals surface area contributed by atoms with Gasteiger partial charge in [0.25, 0.3) is 0 Å². The molecule has 0 bridgehead atoms. The molecule has 0 fully saturated rings. The summed E-state index contributed by atoms with van der Waals surface area (Å²) < 4.78 is 18.2. The third kappa shape index (κ3) is 2.55. The second-order valence-corrected chi connectivity index (χ2v) is 4.08. The van der Waals surface area contributed by atoms with E-state index in [1.54, 1.807) is 37.0 Å². The van der Waals surface area contributed by atoms with Crippen molar-refractivity contribution < 1.29 is 8.91 Å². The van der Waals surface area contributed by atoms with E-state index in [-0.39, 0.29) is 5.82 Å². The van der Waals surface area contributed by atoms with Gasteiger partial charge < -0.3 is 14.3 Å². The van der Waals surface area contributed by atoms with Crippen LogP contribution >= 0.6 is 0 Å². The van der Waals surface area contributed by atoms with Gasteiger partial charge in [-0.3, -0.25) is 0 Å². The fraction of sp³-hybridized carbons (Fsp3) is 0.364.